The van der Waals surface area contributed by atoms with Crippen molar-refractivity contribution in [3.8, 4) is 11.3 Å². The molecule has 0 aliphatic heterocycles. The molecule has 10 heteroatoms. The number of benzene rings is 2. The summed E-state index contributed by atoms with van der Waals surface area (Å²) in [5.41, 5.74) is 2.10. The number of ether oxygens (including phenoxy) is 1. The smallest absolute Gasteiger partial charge is 0.335 e. The minimum atomic E-state index is -1.05. The molecule has 2 aromatic carbocycles. The van der Waals surface area contributed by atoms with E-state index in [1.54, 1.807) is 30.3 Å². The van der Waals surface area contributed by atoms with Crippen molar-refractivity contribution in [1.82, 2.24) is 10.1 Å². The van der Waals surface area contributed by atoms with E-state index in [0.29, 0.717) is 57.2 Å². The summed E-state index contributed by atoms with van der Waals surface area (Å²) in [7, 11) is 0. The number of aliphatic hydroxyl groups is 1. The normalized spacial score (nSPS) is 26.4. The SMILES string of the molecule is O=C(O)c1ccc2nc(C3(O)CC4CCC(C3)C4OCc3c(-c4c(Cl)cccc4Cl)noc3C3CC3)sc2c1. The summed E-state index contributed by atoms with van der Waals surface area (Å²) in [4.78, 5) is 16.1. The zero-order valence-corrected chi connectivity index (χ0v) is 23.2. The average molecular weight is 586 g/mol. The molecule has 2 atom stereocenters. The summed E-state index contributed by atoms with van der Waals surface area (Å²) >= 11 is 14.4. The van der Waals surface area contributed by atoms with Crippen molar-refractivity contribution in [3.63, 3.8) is 0 Å². The van der Waals surface area contributed by atoms with Gasteiger partial charge in [0.05, 0.1) is 38.5 Å². The van der Waals surface area contributed by atoms with Crippen LogP contribution >= 0.6 is 34.5 Å². The highest BCUT2D eigenvalue weighted by Gasteiger charge is 2.51. The van der Waals surface area contributed by atoms with Crippen LogP contribution in [0.3, 0.4) is 0 Å². The number of hydrogen-bond donors (Lipinski definition) is 2. The number of aromatic nitrogens is 2. The molecule has 3 saturated carbocycles. The van der Waals surface area contributed by atoms with E-state index in [1.165, 1.54) is 11.3 Å². The molecule has 3 aliphatic rings. The molecule has 2 bridgehead atoms. The predicted octanol–water partition coefficient (Wildman–Crippen LogP) is 7.43. The maximum absolute atomic E-state index is 11.8. The summed E-state index contributed by atoms with van der Waals surface area (Å²) in [6, 6.07) is 10.3. The largest absolute Gasteiger partial charge is 0.478 e. The number of nitrogens with zero attached hydrogens (tertiary/aromatic N) is 2. The van der Waals surface area contributed by atoms with E-state index in [0.717, 1.165) is 41.7 Å². The Morgan fingerprint density at radius 3 is 2.49 bits per heavy atom. The van der Waals surface area contributed by atoms with Gasteiger partial charge in [-0.25, -0.2) is 9.78 Å². The summed E-state index contributed by atoms with van der Waals surface area (Å²) in [5.74, 6) is 0.605. The van der Waals surface area contributed by atoms with E-state index in [1.807, 2.05) is 6.07 Å². The van der Waals surface area contributed by atoms with Crippen molar-refractivity contribution < 1.29 is 24.3 Å². The molecule has 7 rings (SSSR count). The van der Waals surface area contributed by atoms with Crippen LogP contribution in [0.1, 0.15) is 71.1 Å². The second-order valence-electron chi connectivity index (χ2n) is 11.1. The highest BCUT2D eigenvalue weighted by atomic mass is 35.5. The van der Waals surface area contributed by atoms with Gasteiger partial charge >= 0.3 is 5.97 Å². The van der Waals surface area contributed by atoms with E-state index in [-0.39, 0.29) is 23.5 Å². The van der Waals surface area contributed by atoms with Crippen molar-refractivity contribution >= 4 is 50.7 Å². The Morgan fingerprint density at radius 1 is 1.10 bits per heavy atom. The highest BCUT2D eigenvalue weighted by molar-refractivity contribution is 7.18. The van der Waals surface area contributed by atoms with Gasteiger partial charge in [-0.2, -0.15) is 0 Å². The first kappa shape index (κ1) is 25.5. The molecular weight excluding hydrogens is 559 g/mol. The number of thiazole rings is 1. The number of carbonyl (C=O) groups is 1. The van der Waals surface area contributed by atoms with Crippen LogP contribution in [0.15, 0.2) is 40.9 Å². The van der Waals surface area contributed by atoms with Crippen molar-refractivity contribution in [2.75, 3.05) is 0 Å². The fraction of sp³-hybridized carbons (Fsp3) is 0.414. The second kappa shape index (κ2) is 9.56. The molecule has 0 amide bonds. The minimum Gasteiger partial charge on any atom is -0.478 e. The molecule has 0 spiro atoms. The Kier molecular flexibility index (Phi) is 6.25. The van der Waals surface area contributed by atoms with Gasteiger partial charge in [0.25, 0.3) is 0 Å². The third-order valence-corrected chi connectivity index (χ3v) is 10.3. The first-order valence-corrected chi connectivity index (χ1v) is 14.8. The second-order valence-corrected chi connectivity index (χ2v) is 12.9. The van der Waals surface area contributed by atoms with Gasteiger partial charge in [-0.05, 0) is 80.7 Å². The van der Waals surface area contributed by atoms with Gasteiger partial charge in [0, 0.05) is 17.0 Å². The molecule has 2 heterocycles. The van der Waals surface area contributed by atoms with Gasteiger partial charge < -0.3 is 19.5 Å². The standard InChI is InChI=1S/C29H26Cl2N2O5S/c30-19-2-1-3-20(31)23(19)24-18(26(38-33-24)14-4-5-14)13-37-25-16-6-7-17(25)12-29(36,11-16)28-32-21-9-8-15(27(34)35)10-22(21)39-28/h1-3,8-10,14,16-17,25,36H,4-7,11-13H2,(H,34,35). The lowest BCUT2D eigenvalue weighted by Gasteiger charge is -2.40. The summed E-state index contributed by atoms with van der Waals surface area (Å²) in [5, 5.41) is 27.2. The van der Waals surface area contributed by atoms with Crippen LogP contribution in [-0.2, 0) is 16.9 Å². The maximum atomic E-state index is 11.8. The number of halogens is 2. The van der Waals surface area contributed by atoms with Crippen molar-refractivity contribution in [2.45, 2.75) is 62.8 Å². The Bertz CT molecular complexity index is 1560. The molecule has 3 fully saturated rings. The van der Waals surface area contributed by atoms with Gasteiger partial charge in [0.15, 0.2) is 0 Å². The van der Waals surface area contributed by atoms with E-state index in [2.05, 4.69) is 5.16 Å². The lowest BCUT2D eigenvalue weighted by atomic mass is 9.76. The molecule has 4 aromatic rings. The Balaban J connectivity index is 1.13. The highest BCUT2D eigenvalue weighted by Crippen LogP contribution is 2.53. The fourth-order valence-electron chi connectivity index (χ4n) is 6.46. The predicted molar refractivity (Wildman–Crippen MR) is 148 cm³/mol. The third kappa shape index (κ3) is 4.46. The lowest BCUT2D eigenvalue weighted by molar-refractivity contribution is -0.105. The van der Waals surface area contributed by atoms with Crippen LogP contribution in [0, 0.1) is 11.8 Å². The Morgan fingerprint density at radius 2 is 1.82 bits per heavy atom. The molecule has 7 nitrogen and oxygen atoms in total. The number of fused-ring (bicyclic) bond motifs is 3. The molecular formula is C29H26Cl2N2O5S. The number of carboxylic acids is 1. The first-order chi connectivity index (χ1) is 18.8. The van der Waals surface area contributed by atoms with Crippen molar-refractivity contribution in [2.24, 2.45) is 11.8 Å². The summed E-state index contributed by atoms with van der Waals surface area (Å²) in [6.07, 6.45) is 5.22. The third-order valence-electron chi connectivity index (χ3n) is 8.46. The molecule has 0 saturated heterocycles. The number of rotatable bonds is 7. The Hall–Kier alpha value is -2.49. The zero-order valence-electron chi connectivity index (χ0n) is 20.9. The molecule has 3 aliphatic carbocycles. The average Bonchev–Trinajstić information content (AvgIpc) is 3.42. The number of hydrogen-bond acceptors (Lipinski definition) is 7. The van der Waals surface area contributed by atoms with Crippen LogP contribution in [0.25, 0.3) is 21.5 Å². The quantitative estimate of drug-likeness (QED) is 0.232. The molecule has 0 radical (unpaired) electrons. The van der Waals surface area contributed by atoms with Crippen molar-refractivity contribution in [3.05, 3.63) is 68.3 Å². The monoisotopic (exact) mass is 584 g/mol. The van der Waals surface area contributed by atoms with Crippen LogP contribution in [0.5, 0.6) is 0 Å². The fourth-order valence-corrected chi connectivity index (χ4v) is 8.15. The van der Waals surface area contributed by atoms with Crippen LogP contribution in [0.4, 0.5) is 0 Å². The van der Waals surface area contributed by atoms with Gasteiger partial charge in [0.1, 0.15) is 22.1 Å². The maximum Gasteiger partial charge on any atom is 0.335 e. The lowest BCUT2D eigenvalue weighted by Crippen LogP contribution is -2.42. The molecule has 2 unspecified atom stereocenters. The van der Waals surface area contributed by atoms with Crippen LogP contribution < -0.4 is 0 Å². The molecule has 202 valence electrons. The van der Waals surface area contributed by atoms with Crippen LogP contribution in [0.2, 0.25) is 10.0 Å². The summed E-state index contributed by atoms with van der Waals surface area (Å²) < 4.78 is 13.2. The number of aromatic carboxylic acids is 1. The van der Waals surface area contributed by atoms with E-state index >= 15 is 0 Å². The number of carboxylic acid groups (broad SMARTS) is 1. The Labute approximate surface area is 238 Å². The topological polar surface area (TPSA) is 106 Å². The van der Waals surface area contributed by atoms with E-state index in [4.69, 9.17) is 37.4 Å². The van der Waals surface area contributed by atoms with Crippen LogP contribution in [-0.4, -0.2) is 32.4 Å². The zero-order chi connectivity index (χ0) is 26.9. The van der Waals surface area contributed by atoms with Gasteiger partial charge in [-0.1, -0.05) is 34.4 Å². The first-order valence-electron chi connectivity index (χ1n) is 13.2. The van der Waals surface area contributed by atoms with E-state index < -0.39 is 11.6 Å². The van der Waals surface area contributed by atoms with Gasteiger partial charge in [-0.3, -0.25) is 0 Å². The van der Waals surface area contributed by atoms with Gasteiger partial charge in [-0.15, -0.1) is 11.3 Å². The molecule has 2 aromatic heterocycles. The van der Waals surface area contributed by atoms with Gasteiger partial charge in [0.2, 0.25) is 0 Å². The summed E-state index contributed by atoms with van der Waals surface area (Å²) in [6.45, 7) is 0.349. The van der Waals surface area contributed by atoms with E-state index in [9.17, 15) is 15.0 Å². The minimum absolute atomic E-state index is 0.00906. The molecule has 2 N–H and O–H groups in total. The molecule has 39 heavy (non-hydrogen) atoms. The van der Waals surface area contributed by atoms with Crippen molar-refractivity contribution in [1.29, 1.82) is 0 Å².